The van der Waals surface area contributed by atoms with Gasteiger partial charge in [0.2, 0.25) is 6.29 Å². The summed E-state index contributed by atoms with van der Waals surface area (Å²) < 4.78 is 26.6. The van der Waals surface area contributed by atoms with Crippen LogP contribution in [0, 0.1) is 6.92 Å². The number of hydrogen-bond donors (Lipinski definition) is 4. The number of furan rings is 1. The van der Waals surface area contributed by atoms with E-state index in [1.807, 2.05) is 24.3 Å². The molecule has 0 saturated carbocycles. The van der Waals surface area contributed by atoms with Gasteiger partial charge >= 0.3 is 6.16 Å². The van der Waals surface area contributed by atoms with Gasteiger partial charge < -0.3 is 43.8 Å². The molecule has 4 rings (SSSR count). The van der Waals surface area contributed by atoms with Gasteiger partial charge in [0.1, 0.15) is 53.7 Å². The predicted octanol–water partition coefficient (Wildman–Crippen LogP) is 3.01. The van der Waals surface area contributed by atoms with Crippen LogP contribution in [0.2, 0.25) is 0 Å². The first-order valence-corrected chi connectivity index (χ1v) is 12.6. The van der Waals surface area contributed by atoms with E-state index in [9.17, 15) is 30.0 Å². The van der Waals surface area contributed by atoms with Gasteiger partial charge in [-0.25, -0.2) is 4.79 Å². The largest absolute Gasteiger partial charge is 0.508 e. The van der Waals surface area contributed by atoms with E-state index in [1.54, 1.807) is 27.0 Å². The van der Waals surface area contributed by atoms with Crippen molar-refractivity contribution < 1.29 is 53.4 Å². The molecule has 1 aliphatic heterocycles. The molecule has 5 unspecified atom stereocenters. The van der Waals surface area contributed by atoms with Gasteiger partial charge in [0.15, 0.2) is 5.78 Å². The zero-order valence-corrected chi connectivity index (χ0v) is 21.8. The summed E-state index contributed by atoms with van der Waals surface area (Å²) in [6.45, 7) is 4.44. The lowest BCUT2D eigenvalue weighted by molar-refractivity contribution is -0.278. The van der Waals surface area contributed by atoms with Crippen molar-refractivity contribution >= 4 is 22.9 Å². The zero-order chi connectivity index (χ0) is 28.3. The van der Waals surface area contributed by atoms with Gasteiger partial charge in [-0.05, 0) is 68.7 Å². The molecule has 3 aromatic rings. The minimum atomic E-state index is -1.72. The molecule has 0 bridgehead atoms. The number of aliphatic hydroxyl groups excluding tert-OH is 3. The molecule has 1 aromatic heterocycles. The van der Waals surface area contributed by atoms with Crippen LogP contribution in [-0.4, -0.2) is 75.8 Å². The summed E-state index contributed by atoms with van der Waals surface area (Å²) in [6.07, 6.45) is -7.30. The highest BCUT2D eigenvalue weighted by Gasteiger charge is 2.46. The van der Waals surface area contributed by atoms with Gasteiger partial charge in [0, 0.05) is 11.8 Å². The molecule has 0 radical (unpaired) electrons. The Balaban J connectivity index is 1.49. The molecule has 39 heavy (non-hydrogen) atoms. The maximum Gasteiger partial charge on any atom is 0.508 e. The molecule has 2 heterocycles. The van der Waals surface area contributed by atoms with Crippen LogP contribution < -0.4 is 4.74 Å². The zero-order valence-electron chi connectivity index (χ0n) is 21.8. The van der Waals surface area contributed by atoms with Gasteiger partial charge in [-0.3, -0.25) is 4.79 Å². The topological polar surface area (TPSA) is 165 Å². The molecule has 1 aliphatic rings. The first kappa shape index (κ1) is 28.4. The highest BCUT2D eigenvalue weighted by Crippen LogP contribution is 2.34. The third-order valence-corrected chi connectivity index (χ3v) is 6.27. The number of phenolic OH excluding ortho intramolecular Hbond substituents is 1. The maximum absolute atomic E-state index is 13.2. The van der Waals surface area contributed by atoms with Crippen molar-refractivity contribution in [2.45, 2.75) is 70.4 Å². The Morgan fingerprint density at radius 2 is 1.79 bits per heavy atom. The number of Topliss-reactive ketones (excluding diaryl/α,β-unsaturated/α-hetero) is 1. The van der Waals surface area contributed by atoms with Crippen molar-refractivity contribution in [3.8, 4) is 11.5 Å². The second kappa shape index (κ2) is 12.0. The van der Waals surface area contributed by atoms with E-state index in [2.05, 4.69) is 0 Å². The Bertz CT molecular complexity index is 1310. The van der Waals surface area contributed by atoms with E-state index < -0.39 is 55.4 Å². The van der Waals surface area contributed by atoms with E-state index in [0.717, 1.165) is 16.5 Å². The molecular weight excluding hydrogens is 512 g/mol. The quantitative estimate of drug-likeness (QED) is 0.231. The average molecular weight is 545 g/mol. The maximum atomic E-state index is 13.2. The molecular formula is C28H32O11. The van der Waals surface area contributed by atoms with Crippen molar-refractivity contribution in [1.29, 1.82) is 0 Å². The summed E-state index contributed by atoms with van der Waals surface area (Å²) in [7, 11) is 0. The van der Waals surface area contributed by atoms with Crippen LogP contribution in [0.4, 0.5) is 4.79 Å². The SMILES string of the molecule is Cc1cc(O)c(C(=O)CCc2ccc3occc3c2)c(OC2OC(COC(=O)OC(C)C)C(O)C(O)C2O)c1. The van der Waals surface area contributed by atoms with Gasteiger partial charge in [0.25, 0.3) is 0 Å². The Hall–Kier alpha value is -3.64. The van der Waals surface area contributed by atoms with Gasteiger partial charge in [-0.15, -0.1) is 0 Å². The summed E-state index contributed by atoms with van der Waals surface area (Å²) >= 11 is 0. The Morgan fingerprint density at radius 1 is 1.03 bits per heavy atom. The molecule has 210 valence electrons. The van der Waals surface area contributed by atoms with E-state index >= 15 is 0 Å². The summed E-state index contributed by atoms with van der Waals surface area (Å²) in [4.78, 5) is 25.0. The molecule has 11 nitrogen and oxygen atoms in total. The number of carbonyl (C=O) groups excluding carboxylic acids is 2. The molecule has 0 amide bonds. The third-order valence-electron chi connectivity index (χ3n) is 6.27. The number of carbonyl (C=O) groups is 2. The Kier molecular flexibility index (Phi) is 8.76. The first-order valence-electron chi connectivity index (χ1n) is 12.6. The second-order valence-electron chi connectivity index (χ2n) is 9.73. The van der Waals surface area contributed by atoms with Gasteiger partial charge in [0.05, 0.1) is 12.4 Å². The molecule has 1 saturated heterocycles. The molecule has 0 aliphatic carbocycles. The van der Waals surface area contributed by atoms with Crippen molar-refractivity contribution in [1.82, 2.24) is 0 Å². The van der Waals surface area contributed by atoms with E-state index in [4.69, 9.17) is 23.4 Å². The Morgan fingerprint density at radius 3 is 2.54 bits per heavy atom. The summed E-state index contributed by atoms with van der Waals surface area (Å²) in [5.41, 5.74) is 2.07. The van der Waals surface area contributed by atoms with E-state index in [-0.39, 0.29) is 23.5 Å². The molecule has 2 aromatic carbocycles. The molecule has 5 atom stereocenters. The summed E-state index contributed by atoms with van der Waals surface area (Å²) in [6, 6.07) is 10.3. The van der Waals surface area contributed by atoms with Gasteiger partial charge in [-0.1, -0.05) is 6.07 Å². The van der Waals surface area contributed by atoms with Crippen LogP contribution in [0.5, 0.6) is 11.5 Å². The third kappa shape index (κ3) is 6.69. The number of aryl methyl sites for hydroxylation is 2. The fourth-order valence-corrected chi connectivity index (χ4v) is 4.32. The van der Waals surface area contributed by atoms with E-state index in [0.29, 0.717) is 12.0 Å². The van der Waals surface area contributed by atoms with Crippen LogP contribution in [0.3, 0.4) is 0 Å². The highest BCUT2D eigenvalue weighted by molar-refractivity contribution is 6.01. The number of fused-ring (bicyclic) bond motifs is 1. The monoisotopic (exact) mass is 544 g/mol. The summed E-state index contributed by atoms with van der Waals surface area (Å²) in [5, 5.41) is 42.8. The number of rotatable bonds is 9. The second-order valence-corrected chi connectivity index (χ2v) is 9.73. The number of aliphatic hydroxyl groups is 3. The number of aromatic hydroxyl groups is 1. The van der Waals surface area contributed by atoms with Gasteiger partial charge in [-0.2, -0.15) is 0 Å². The lowest BCUT2D eigenvalue weighted by Crippen LogP contribution is -2.60. The number of ether oxygens (including phenoxy) is 4. The molecule has 0 spiro atoms. The van der Waals surface area contributed by atoms with Crippen molar-refractivity contribution in [2.24, 2.45) is 0 Å². The fraction of sp³-hybridized carbons (Fsp3) is 0.429. The molecule has 1 fully saturated rings. The Labute approximate surface area is 224 Å². The number of benzene rings is 2. The first-order chi connectivity index (χ1) is 18.5. The van der Waals surface area contributed by atoms with E-state index in [1.165, 1.54) is 12.1 Å². The normalized spacial score (nSPS) is 23.1. The number of phenols is 1. The van der Waals surface area contributed by atoms with Crippen LogP contribution in [0.25, 0.3) is 11.0 Å². The standard InChI is InChI=1S/C28H32O11/c1-14(2)37-28(34)36-13-22-24(31)25(32)26(33)27(39-22)38-21-11-15(3)10-19(30)23(21)18(29)6-4-16-5-7-20-17(12-16)8-9-35-20/h5,7-12,14,22,24-27,30-33H,4,6,13H2,1-3H3. The van der Waals surface area contributed by atoms with Crippen molar-refractivity contribution in [3.05, 3.63) is 59.4 Å². The van der Waals surface area contributed by atoms with Crippen LogP contribution in [-0.2, 0) is 20.6 Å². The smallest absolute Gasteiger partial charge is 0.507 e. The molecule has 11 heteroatoms. The van der Waals surface area contributed by atoms with Crippen LogP contribution in [0.1, 0.15) is 41.8 Å². The highest BCUT2D eigenvalue weighted by atomic mass is 16.7. The minimum absolute atomic E-state index is 0.0418. The number of ketones is 1. The summed E-state index contributed by atoms with van der Waals surface area (Å²) in [5.74, 6) is -0.811. The van der Waals surface area contributed by atoms with Crippen LogP contribution >= 0.6 is 0 Å². The van der Waals surface area contributed by atoms with Crippen molar-refractivity contribution in [2.75, 3.05) is 6.61 Å². The predicted molar refractivity (Wildman–Crippen MR) is 137 cm³/mol. The average Bonchev–Trinajstić information content (AvgIpc) is 3.34. The number of hydrogen-bond acceptors (Lipinski definition) is 11. The van der Waals surface area contributed by atoms with Crippen molar-refractivity contribution in [3.63, 3.8) is 0 Å². The lowest BCUT2D eigenvalue weighted by Gasteiger charge is -2.40. The lowest BCUT2D eigenvalue weighted by atomic mass is 9.98. The fourth-order valence-electron chi connectivity index (χ4n) is 4.32. The van der Waals surface area contributed by atoms with Crippen LogP contribution in [0.15, 0.2) is 47.1 Å². The minimum Gasteiger partial charge on any atom is -0.507 e. The molecule has 4 N–H and O–H groups in total.